The summed E-state index contributed by atoms with van der Waals surface area (Å²) in [6, 6.07) is 8.32. The zero-order valence-electron chi connectivity index (χ0n) is 15.7. The molecule has 1 fully saturated rings. The third-order valence-corrected chi connectivity index (χ3v) is 4.05. The largest absolute Gasteiger partial charge is 0.379 e. The lowest BCUT2D eigenvalue weighted by atomic mass is 10.2. The maximum absolute atomic E-state index is 12.1. The predicted molar refractivity (Wildman–Crippen MR) is 100.0 cm³/mol. The molecule has 2 amide bonds. The van der Waals surface area contributed by atoms with Crippen LogP contribution in [0.5, 0.6) is 0 Å². The maximum Gasteiger partial charge on any atom is 0.317 e. The zero-order valence-corrected chi connectivity index (χ0v) is 15.7. The van der Waals surface area contributed by atoms with Gasteiger partial charge in [0.25, 0.3) is 0 Å². The molecule has 0 aromatic heterocycles. The second-order valence-corrected chi connectivity index (χ2v) is 6.82. The monoisotopic (exact) mass is 349 g/mol. The molecule has 0 saturated carbocycles. The summed E-state index contributed by atoms with van der Waals surface area (Å²) in [6.45, 7) is 10.0. The van der Waals surface area contributed by atoms with Crippen LogP contribution in [0.3, 0.4) is 0 Å². The molecule has 0 spiro atoms. The van der Waals surface area contributed by atoms with Crippen molar-refractivity contribution in [2.75, 3.05) is 58.0 Å². The minimum atomic E-state index is -0.0783. The molecule has 1 N–H and O–H groups in total. The number of rotatable bonds is 8. The van der Waals surface area contributed by atoms with E-state index in [4.69, 9.17) is 9.47 Å². The highest BCUT2D eigenvalue weighted by atomic mass is 16.5. The van der Waals surface area contributed by atoms with E-state index in [2.05, 4.69) is 48.3 Å². The van der Waals surface area contributed by atoms with Crippen LogP contribution in [0.15, 0.2) is 24.3 Å². The summed E-state index contributed by atoms with van der Waals surface area (Å²) < 4.78 is 10.8. The molecule has 1 heterocycles. The lowest BCUT2D eigenvalue weighted by Gasteiger charge is -2.29. The number of carbonyl (C=O) groups is 1. The second-order valence-electron chi connectivity index (χ2n) is 6.82. The fraction of sp³-hybridized carbons (Fsp3) is 0.632. The molecule has 1 aliphatic heterocycles. The first-order valence-corrected chi connectivity index (χ1v) is 9.04. The molecule has 0 atom stereocenters. The highest BCUT2D eigenvalue weighted by Gasteiger charge is 2.12. The Hall–Kier alpha value is -1.79. The van der Waals surface area contributed by atoms with Crippen LogP contribution in [0.25, 0.3) is 0 Å². The number of hydrogen-bond donors (Lipinski definition) is 1. The Morgan fingerprint density at radius 1 is 1.28 bits per heavy atom. The molecular formula is C19H31N3O3. The number of urea groups is 1. The van der Waals surface area contributed by atoms with E-state index in [-0.39, 0.29) is 6.03 Å². The van der Waals surface area contributed by atoms with E-state index in [9.17, 15) is 4.79 Å². The summed E-state index contributed by atoms with van der Waals surface area (Å²) in [5.41, 5.74) is 2.33. The van der Waals surface area contributed by atoms with E-state index in [0.29, 0.717) is 25.6 Å². The van der Waals surface area contributed by atoms with Crippen molar-refractivity contribution in [2.24, 2.45) is 5.92 Å². The molecule has 140 valence electrons. The first-order valence-electron chi connectivity index (χ1n) is 9.04. The van der Waals surface area contributed by atoms with Crippen molar-refractivity contribution in [3.63, 3.8) is 0 Å². The Kier molecular flexibility index (Phi) is 8.01. The molecule has 1 aliphatic rings. The minimum Gasteiger partial charge on any atom is -0.379 e. The van der Waals surface area contributed by atoms with Gasteiger partial charge in [0.05, 0.1) is 19.8 Å². The van der Waals surface area contributed by atoms with Gasteiger partial charge in [0, 0.05) is 45.5 Å². The van der Waals surface area contributed by atoms with E-state index in [1.54, 1.807) is 11.9 Å². The standard InChI is InChI=1S/C19H31N3O3/c1-16(2)15-25-11-8-20-19(23)21(3)14-17-4-6-18(7-5-17)22-9-12-24-13-10-22/h4-7,16H,8-15H2,1-3H3,(H,20,23). The second kappa shape index (κ2) is 10.3. The van der Waals surface area contributed by atoms with Crippen LogP contribution in [0.4, 0.5) is 10.5 Å². The number of morpholine rings is 1. The lowest BCUT2D eigenvalue weighted by Crippen LogP contribution is -2.38. The fourth-order valence-corrected chi connectivity index (χ4v) is 2.66. The first kappa shape index (κ1) is 19.5. The van der Waals surface area contributed by atoms with Crippen LogP contribution >= 0.6 is 0 Å². The number of hydrogen-bond acceptors (Lipinski definition) is 4. The third-order valence-electron chi connectivity index (χ3n) is 4.05. The predicted octanol–water partition coefficient (Wildman–Crippen LogP) is 2.34. The quantitative estimate of drug-likeness (QED) is 0.732. The Labute approximate surface area is 151 Å². The van der Waals surface area contributed by atoms with Crippen molar-refractivity contribution in [3.05, 3.63) is 29.8 Å². The normalized spacial score (nSPS) is 14.6. The molecule has 0 aliphatic carbocycles. The molecule has 1 aromatic rings. The summed E-state index contributed by atoms with van der Waals surface area (Å²) >= 11 is 0. The molecule has 1 saturated heterocycles. The summed E-state index contributed by atoms with van der Waals surface area (Å²) in [4.78, 5) is 16.1. The van der Waals surface area contributed by atoms with Crippen LogP contribution in [-0.2, 0) is 16.0 Å². The van der Waals surface area contributed by atoms with Crippen molar-refractivity contribution in [1.82, 2.24) is 10.2 Å². The molecule has 2 rings (SSSR count). The van der Waals surface area contributed by atoms with Gasteiger partial charge in [0.1, 0.15) is 0 Å². The van der Waals surface area contributed by atoms with Crippen LogP contribution < -0.4 is 10.2 Å². The van der Waals surface area contributed by atoms with E-state index >= 15 is 0 Å². The number of nitrogens with one attached hydrogen (secondary N) is 1. The van der Waals surface area contributed by atoms with Crippen molar-refractivity contribution in [2.45, 2.75) is 20.4 Å². The van der Waals surface area contributed by atoms with Gasteiger partial charge < -0.3 is 24.6 Å². The number of nitrogens with zero attached hydrogens (tertiary/aromatic N) is 2. The Morgan fingerprint density at radius 3 is 2.60 bits per heavy atom. The Bertz CT molecular complexity index is 513. The SMILES string of the molecule is CC(C)COCCNC(=O)N(C)Cc1ccc(N2CCOCC2)cc1. The summed E-state index contributed by atoms with van der Waals surface area (Å²) in [7, 11) is 1.81. The van der Waals surface area contributed by atoms with Gasteiger partial charge in [-0.2, -0.15) is 0 Å². The highest BCUT2D eigenvalue weighted by molar-refractivity contribution is 5.73. The summed E-state index contributed by atoms with van der Waals surface area (Å²) in [5.74, 6) is 0.513. The molecule has 6 heteroatoms. The molecule has 0 unspecified atom stereocenters. The fourth-order valence-electron chi connectivity index (χ4n) is 2.66. The van der Waals surface area contributed by atoms with Crippen LogP contribution in [-0.4, -0.2) is 64.0 Å². The lowest BCUT2D eigenvalue weighted by molar-refractivity contribution is 0.111. The Balaban J connectivity index is 1.72. The highest BCUT2D eigenvalue weighted by Crippen LogP contribution is 2.17. The average Bonchev–Trinajstić information content (AvgIpc) is 2.62. The molecular weight excluding hydrogens is 318 g/mol. The van der Waals surface area contributed by atoms with Gasteiger partial charge in [-0.25, -0.2) is 4.79 Å². The first-order chi connectivity index (χ1) is 12.1. The van der Waals surface area contributed by atoms with E-state index < -0.39 is 0 Å². The van der Waals surface area contributed by atoms with Gasteiger partial charge in [-0.3, -0.25) is 0 Å². The van der Waals surface area contributed by atoms with E-state index in [1.165, 1.54) is 5.69 Å². The van der Waals surface area contributed by atoms with Crippen LogP contribution in [0.2, 0.25) is 0 Å². The van der Waals surface area contributed by atoms with Gasteiger partial charge in [-0.15, -0.1) is 0 Å². The van der Waals surface area contributed by atoms with Crippen molar-refractivity contribution in [3.8, 4) is 0 Å². The Morgan fingerprint density at radius 2 is 1.96 bits per heavy atom. The number of benzene rings is 1. The number of carbonyl (C=O) groups excluding carboxylic acids is 1. The topological polar surface area (TPSA) is 54.0 Å². The molecule has 0 bridgehead atoms. The number of ether oxygens (including phenoxy) is 2. The van der Waals surface area contributed by atoms with Crippen LogP contribution in [0, 0.1) is 5.92 Å². The van der Waals surface area contributed by atoms with Crippen molar-refractivity contribution >= 4 is 11.7 Å². The average molecular weight is 349 g/mol. The van der Waals surface area contributed by atoms with Gasteiger partial charge in [-0.1, -0.05) is 26.0 Å². The van der Waals surface area contributed by atoms with Gasteiger partial charge in [0.15, 0.2) is 0 Å². The summed E-state index contributed by atoms with van der Waals surface area (Å²) in [5, 5.41) is 2.88. The molecule has 6 nitrogen and oxygen atoms in total. The molecule has 0 radical (unpaired) electrons. The number of amides is 2. The zero-order chi connectivity index (χ0) is 18.1. The summed E-state index contributed by atoms with van der Waals surface area (Å²) in [6.07, 6.45) is 0. The van der Waals surface area contributed by atoms with Crippen molar-refractivity contribution in [1.29, 1.82) is 0 Å². The molecule has 1 aromatic carbocycles. The maximum atomic E-state index is 12.1. The molecule has 25 heavy (non-hydrogen) atoms. The van der Waals surface area contributed by atoms with Gasteiger partial charge >= 0.3 is 6.03 Å². The van der Waals surface area contributed by atoms with E-state index in [0.717, 1.165) is 38.5 Å². The smallest absolute Gasteiger partial charge is 0.317 e. The van der Waals surface area contributed by atoms with Crippen LogP contribution in [0.1, 0.15) is 19.4 Å². The third kappa shape index (κ3) is 6.92. The number of anilines is 1. The van der Waals surface area contributed by atoms with Gasteiger partial charge in [-0.05, 0) is 23.6 Å². The van der Waals surface area contributed by atoms with Crippen molar-refractivity contribution < 1.29 is 14.3 Å². The minimum absolute atomic E-state index is 0.0783. The van der Waals surface area contributed by atoms with Gasteiger partial charge in [0.2, 0.25) is 0 Å². The van der Waals surface area contributed by atoms with E-state index in [1.807, 2.05) is 0 Å².